The van der Waals surface area contributed by atoms with Crippen molar-refractivity contribution < 1.29 is 4.74 Å². The van der Waals surface area contributed by atoms with Gasteiger partial charge in [0.1, 0.15) is 11.0 Å². The number of hydrogen-bond acceptors (Lipinski definition) is 3. The number of morpholine rings is 1. The largest absolute Gasteiger partial charge is 0.377 e. The summed E-state index contributed by atoms with van der Waals surface area (Å²) in [7, 11) is 0. The number of nitrogens with zero attached hydrogens (tertiary/aromatic N) is 3. The van der Waals surface area contributed by atoms with Gasteiger partial charge >= 0.3 is 0 Å². The zero-order valence-electron chi connectivity index (χ0n) is 11.5. The molecule has 1 fully saturated rings. The van der Waals surface area contributed by atoms with Crippen molar-refractivity contribution >= 4 is 17.4 Å². The SMILES string of the molecule is [C-]#[N+]C(C)(C)c1cc(Cl)nc(N2CCOC[C@H]2C)c1. The van der Waals surface area contributed by atoms with Gasteiger partial charge in [-0.15, -0.1) is 0 Å². The highest BCUT2D eigenvalue weighted by Gasteiger charge is 2.29. The minimum absolute atomic E-state index is 0.267. The molecule has 1 saturated heterocycles. The smallest absolute Gasteiger partial charge is 0.252 e. The van der Waals surface area contributed by atoms with Crippen LogP contribution in [-0.2, 0) is 10.3 Å². The molecule has 0 spiro atoms. The van der Waals surface area contributed by atoms with Crippen LogP contribution < -0.4 is 4.90 Å². The maximum absolute atomic E-state index is 7.30. The van der Waals surface area contributed by atoms with Crippen LogP contribution in [0.1, 0.15) is 26.3 Å². The number of halogens is 1. The van der Waals surface area contributed by atoms with Gasteiger partial charge in [-0.2, -0.15) is 0 Å². The second kappa shape index (κ2) is 5.36. The summed E-state index contributed by atoms with van der Waals surface area (Å²) in [6.07, 6.45) is 0. The minimum Gasteiger partial charge on any atom is -0.377 e. The molecule has 0 saturated carbocycles. The molecule has 0 bridgehead atoms. The van der Waals surface area contributed by atoms with Gasteiger partial charge in [0.15, 0.2) is 0 Å². The van der Waals surface area contributed by atoms with Crippen molar-refractivity contribution in [2.24, 2.45) is 0 Å². The highest BCUT2D eigenvalue weighted by atomic mass is 35.5. The third-order valence-corrected chi connectivity index (χ3v) is 3.62. The van der Waals surface area contributed by atoms with E-state index in [0.717, 1.165) is 17.9 Å². The first-order chi connectivity index (χ1) is 8.94. The van der Waals surface area contributed by atoms with Gasteiger partial charge in [-0.1, -0.05) is 11.6 Å². The van der Waals surface area contributed by atoms with E-state index in [0.29, 0.717) is 18.4 Å². The Morgan fingerprint density at radius 2 is 2.26 bits per heavy atom. The summed E-state index contributed by atoms with van der Waals surface area (Å²) in [5.41, 5.74) is 0.313. The Hall–Kier alpha value is -1.31. The van der Waals surface area contributed by atoms with Gasteiger partial charge in [0.2, 0.25) is 0 Å². The fourth-order valence-electron chi connectivity index (χ4n) is 2.12. The maximum atomic E-state index is 7.30. The van der Waals surface area contributed by atoms with Crippen LogP contribution in [0, 0.1) is 6.57 Å². The van der Waals surface area contributed by atoms with Gasteiger partial charge in [-0.3, -0.25) is 0 Å². The summed E-state index contributed by atoms with van der Waals surface area (Å²) >= 11 is 6.11. The van der Waals surface area contributed by atoms with E-state index in [1.165, 1.54) is 0 Å². The van der Waals surface area contributed by atoms with Crippen LogP contribution in [0.2, 0.25) is 5.15 Å². The van der Waals surface area contributed by atoms with Crippen LogP contribution in [0.3, 0.4) is 0 Å². The number of anilines is 1. The molecule has 5 heteroatoms. The first kappa shape index (κ1) is 14.1. The molecule has 2 heterocycles. The van der Waals surface area contributed by atoms with E-state index in [9.17, 15) is 0 Å². The lowest BCUT2D eigenvalue weighted by atomic mass is 9.96. The molecule has 1 aliphatic heterocycles. The Kier molecular flexibility index (Phi) is 3.98. The third-order valence-electron chi connectivity index (χ3n) is 3.43. The molecule has 4 nitrogen and oxygen atoms in total. The van der Waals surface area contributed by atoms with E-state index in [2.05, 4.69) is 21.7 Å². The lowest BCUT2D eigenvalue weighted by molar-refractivity contribution is 0.0985. The molecule has 19 heavy (non-hydrogen) atoms. The first-order valence-electron chi connectivity index (χ1n) is 6.35. The maximum Gasteiger partial charge on any atom is 0.252 e. The van der Waals surface area contributed by atoms with E-state index < -0.39 is 5.54 Å². The highest BCUT2D eigenvalue weighted by molar-refractivity contribution is 6.29. The zero-order valence-corrected chi connectivity index (χ0v) is 12.2. The van der Waals surface area contributed by atoms with Crippen LogP contribution in [0.25, 0.3) is 4.85 Å². The van der Waals surface area contributed by atoms with Gasteiger partial charge in [0, 0.05) is 26.0 Å². The zero-order chi connectivity index (χ0) is 14.0. The average molecular weight is 280 g/mol. The number of ether oxygens (including phenoxy) is 1. The Balaban J connectivity index is 2.39. The Morgan fingerprint density at radius 1 is 1.53 bits per heavy atom. The van der Waals surface area contributed by atoms with Crippen molar-refractivity contribution in [2.75, 3.05) is 24.7 Å². The van der Waals surface area contributed by atoms with Crippen molar-refractivity contribution in [1.82, 2.24) is 4.98 Å². The summed E-state index contributed by atoms with van der Waals surface area (Å²) in [4.78, 5) is 10.2. The molecule has 2 rings (SSSR count). The number of pyridine rings is 1. The fourth-order valence-corrected chi connectivity index (χ4v) is 2.32. The highest BCUT2D eigenvalue weighted by Crippen LogP contribution is 2.30. The molecular formula is C14H18ClN3O. The van der Waals surface area contributed by atoms with E-state index in [1.54, 1.807) is 6.07 Å². The van der Waals surface area contributed by atoms with Gasteiger partial charge in [-0.25, -0.2) is 11.6 Å². The number of aromatic nitrogens is 1. The van der Waals surface area contributed by atoms with Crippen molar-refractivity contribution in [3.8, 4) is 0 Å². The molecule has 0 radical (unpaired) electrons. The molecule has 0 N–H and O–H groups in total. The lowest BCUT2D eigenvalue weighted by Crippen LogP contribution is -2.44. The normalized spacial score (nSPS) is 20.2. The summed E-state index contributed by atoms with van der Waals surface area (Å²) in [5, 5.41) is 0.433. The standard InChI is InChI=1S/C14H18ClN3O/c1-10-9-19-6-5-18(10)13-8-11(7-12(15)17-13)14(2,3)16-4/h7-8,10H,5-6,9H2,1-3H3/t10-/m1/s1. The van der Waals surface area contributed by atoms with Crippen LogP contribution >= 0.6 is 11.6 Å². The molecule has 1 aliphatic rings. The second-order valence-electron chi connectivity index (χ2n) is 5.32. The second-order valence-corrected chi connectivity index (χ2v) is 5.71. The predicted molar refractivity (Wildman–Crippen MR) is 76.5 cm³/mol. The van der Waals surface area contributed by atoms with Crippen molar-refractivity contribution in [3.05, 3.63) is 34.3 Å². The molecule has 102 valence electrons. The van der Waals surface area contributed by atoms with Crippen molar-refractivity contribution in [1.29, 1.82) is 0 Å². The van der Waals surface area contributed by atoms with Gasteiger partial charge in [0.05, 0.1) is 19.3 Å². The predicted octanol–water partition coefficient (Wildman–Crippen LogP) is 3.11. The lowest BCUT2D eigenvalue weighted by Gasteiger charge is -2.34. The van der Waals surface area contributed by atoms with Gasteiger partial charge in [0.25, 0.3) is 5.54 Å². The Morgan fingerprint density at radius 3 is 2.89 bits per heavy atom. The van der Waals surface area contributed by atoms with Crippen LogP contribution in [0.15, 0.2) is 12.1 Å². The Bertz CT molecular complexity index is 510. The van der Waals surface area contributed by atoms with Gasteiger partial charge < -0.3 is 14.5 Å². The van der Waals surface area contributed by atoms with E-state index in [4.69, 9.17) is 22.9 Å². The van der Waals surface area contributed by atoms with E-state index in [-0.39, 0.29) is 6.04 Å². The average Bonchev–Trinajstić information content (AvgIpc) is 2.38. The summed E-state index contributed by atoms with van der Waals surface area (Å²) in [6, 6.07) is 4.00. The third kappa shape index (κ3) is 2.99. The molecule has 1 aromatic heterocycles. The van der Waals surface area contributed by atoms with Crippen molar-refractivity contribution in [3.63, 3.8) is 0 Å². The quantitative estimate of drug-likeness (QED) is 0.615. The van der Waals surface area contributed by atoms with Crippen LogP contribution in [0.4, 0.5) is 5.82 Å². The topological polar surface area (TPSA) is 29.7 Å². The first-order valence-corrected chi connectivity index (χ1v) is 6.73. The molecule has 0 amide bonds. The van der Waals surface area contributed by atoms with E-state index >= 15 is 0 Å². The molecule has 0 aliphatic carbocycles. The summed E-state index contributed by atoms with van der Waals surface area (Å²) < 4.78 is 5.43. The molecule has 1 atom stereocenters. The van der Waals surface area contributed by atoms with Gasteiger partial charge in [-0.05, 0) is 19.1 Å². The van der Waals surface area contributed by atoms with Crippen LogP contribution in [-0.4, -0.2) is 30.8 Å². The molecule has 0 unspecified atom stereocenters. The Labute approximate surface area is 119 Å². The minimum atomic E-state index is -0.586. The number of hydrogen-bond donors (Lipinski definition) is 0. The number of rotatable bonds is 2. The molecule has 0 aromatic carbocycles. The van der Waals surface area contributed by atoms with Crippen LogP contribution in [0.5, 0.6) is 0 Å². The molecule has 1 aromatic rings. The monoisotopic (exact) mass is 279 g/mol. The summed E-state index contributed by atoms with van der Waals surface area (Å²) in [5.74, 6) is 0.829. The van der Waals surface area contributed by atoms with E-state index in [1.807, 2.05) is 19.9 Å². The summed E-state index contributed by atoms with van der Waals surface area (Å²) in [6.45, 7) is 15.4. The fraction of sp³-hybridized carbons (Fsp3) is 0.571. The molecular weight excluding hydrogens is 262 g/mol. The van der Waals surface area contributed by atoms with Crippen molar-refractivity contribution in [2.45, 2.75) is 32.4 Å².